The lowest BCUT2D eigenvalue weighted by atomic mass is 9.79. The molecule has 2 atom stereocenters. The highest BCUT2D eigenvalue weighted by Gasteiger charge is 2.29. The Labute approximate surface area is 94.6 Å². The molecule has 1 aliphatic heterocycles. The van der Waals surface area contributed by atoms with Crippen LogP contribution in [0.15, 0.2) is 0 Å². The second kappa shape index (κ2) is 5.94. The number of nitrogens with zero attached hydrogens (tertiary/aromatic N) is 1. The van der Waals surface area contributed by atoms with Crippen LogP contribution in [0.3, 0.4) is 0 Å². The van der Waals surface area contributed by atoms with Crippen LogP contribution >= 0.6 is 12.4 Å². The molecule has 0 bridgehead atoms. The van der Waals surface area contributed by atoms with Crippen molar-refractivity contribution in [2.45, 2.75) is 46.1 Å². The Balaban J connectivity index is 0.00000169. The van der Waals surface area contributed by atoms with E-state index in [0.29, 0.717) is 11.5 Å². The number of nitrogens with two attached hydrogens (primary N) is 1. The number of halogens is 1. The lowest BCUT2D eigenvalue weighted by molar-refractivity contribution is 0.0958. The van der Waals surface area contributed by atoms with Gasteiger partial charge in [-0.1, -0.05) is 13.8 Å². The summed E-state index contributed by atoms with van der Waals surface area (Å²) >= 11 is 0. The summed E-state index contributed by atoms with van der Waals surface area (Å²) in [4.78, 5) is 2.53. The van der Waals surface area contributed by atoms with Crippen LogP contribution in [0.1, 0.15) is 40.0 Å². The first-order valence-corrected chi connectivity index (χ1v) is 5.54. The summed E-state index contributed by atoms with van der Waals surface area (Å²) < 4.78 is 0. The topological polar surface area (TPSA) is 29.3 Å². The van der Waals surface area contributed by atoms with Crippen molar-refractivity contribution in [3.63, 3.8) is 0 Å². The summed E-state index contributed by atoms with van der Waals surface area (Å²) in [6.45, 7) is 10.4. The largest absolute Gasteiger partial charge is 0.327 e. The van der Waals surface area contributed by atoms with Crippen LogP contribution in [-0.4, -0.2) is 30.6 Å². The van der Waals surface area contributed by atoms with E-state index in [-0.39, 0.29) is 12.4 Å². The van der Waals surface area contributed by atoms with E-state index in [1.165, 1.54) is 32.4 Å². The van der Waals surface area contributed by atoms with Crippen LogP contribution in [0, 0.1) is 5.41 Å². The number of likely N-dealkylation sites (tertiary alicyclic amines) is 1. The van der Waals surface area contributed by atoms with Gasteiger partial charge in [0.15, 0.2) is 0 Å². The Morgan fingerprint density at radius 1 is 1.50 bits per heavy atom. The lowest BCUT2D eigenvalue weighted by Crippen LogP contribution is -2.45. The molecule has 86 valence electrons. The monoisotopic (exact) mass is 220 g/mol. The van der Waals surface area contributed by atoms with E-state index >= 15 is 0 Å². The molecule has 1 heterocycles. The molecule has 0 radical (unpaired) electrons. The molecule has 2 unspecified atom stereocenters. The molecule has 0 aromatic rings. The molecule has 0 saturated carbocycles. The first-order chi connectivity index (χ1) is 6.06. The molecule has 2 N–H and O–H groups in total. The number of hydrogen-bond donors (Lipinski definition) is 1. The van der Waals surface area contributed by atoms with E-state index in [1.807, 2.05) is 0 Å². The van der Waals surface area contributed by atoms with Gasteiger partial charge in [0.1, 0.15) is 0 Å². The number of rotatable bonds is 3. The predicted octanol–water partition coefficient (Wildman–Crippen LogP) is 2.27. The average Bonchev–Trinajstić information content (AvgIpc) is 2.03. The van der Waals surface area contributed by atoms with Crippen molar-refractivity contribution < 1.29 is 0 Å². The van der Waals surface area contributed by atoms with E-state index in [4.69, 9.17) is 5.73 Å². The highest BCUT2D eigenvalue weighted by molar-refractivity contribution is 5.85. The van der Waals surface area contributed by atoms with E-state index in [0.717, 1.165) is 6.54 Å². The van der Waals surface area contributed by atoms with Gasteiger partial charge < -0.3 is 10.6 Å². The van der Waals surface area contributed by atoms with E-state index < -0.39 is 0 Å². The molecule has 0 aromatic carbocycles. The van der Waals surface area contributed by atoms with E-state index in [2.05, 4.69) is 25.7 Å². The van der Waals surface area contributed by atoms with Crippen LogP contribution < -0.4 is 5.73 Å². The van der Waals surface area contributed by atoms with Crippen molar-refractivity contribution in [2.75, 3.05) is 19.6 Å². The van der Waals surface area contributed by atoms with Crippen molar-refractivity contribution in [3.8, 4) is 0 Å². The van der Waals surface area contributed by atoms with Crippen LogP contribution in [0.5, 0.6) is 0 Å². The molecule has 0 amide bonds. The zero-order chi connectivity index (χ0) is 9.90. The van der Waals surface area contributed by atoms with Crippen molar-refractivity contribution in [1.29, 1.82) is 0 Å². The molecular formula is C11H25ClN2. The van der Waals surface area contributed by atoms with E-state index in [1.54, 1.807) is 0 Å². The summed E-state index contributed by atoms with van der Waals surface area (Å²) in [5, 5.41) is 0. The normalized spacial score (nSPS) is 30.9. The van der Waals surface area contributed by atoms with Gasteiger partial charge in [0.25, 0.3) is 0 Å². The van der Waals surface area contributed by atoms with Crippen LogP contribution in [0.2, 0.25) is 0 Å². The maximum atomic E-state index is 5.81. The SMILES string of the molecule is CCC1(C)CCCN(CC(C)N)C1.Cl. The zero-order valence-electron chi connectivity index (χ0n) is 9.75. The van der Waals surface area contributed by atoms with Gasteiger partial charge in [-0.05, 0) is 38.1 Å². The highest BCUT2D eigenvalue weighted by atomic mass is 35.5. The summed E-state index contributed by atoms with van der Waals surface area (Å²) in [5.41, 5.74) is 6.36. The Morgan fingerprint density at radius 3 is 2.64 bits per heavy atom. The Kier molecular flexibility index (Phi) is 6.03. The molecule has 0 aromatic heterocycles. The van der Waals surface area contributed by atoms with Gasteiger partial charge in [-0.25, -0.2) is 0 Å². The van der Waals surface area contributed by atoms with Crippen molar-refractivity contribution in [1.82, 2.24) is 4.90 Å². The van der Waals surface area contributed by atoms with Gasteiger partial charge in [0.2, 0.25) is 0 Å². The molecule has 1 rings (SSSR count). The highest BCUT2D eigenvalue weighted by Crippen LogP contribution is 2.32. The molecule has 1 aliphatic rings. The third kappa shape index (κ3) is 4.16. The van der Waals surface area contributed by atoms with Crippen LogP contribution in [0.25, 0.3) is 0 Å². The Morgan fingerprint density at radius 2 is 2.14 bits per heavy atom. The molecule has 1 saturated heterocycles. The fourth-order valence-corrected chi connectivity index (χ4v) is 2.28. The summed E-state index contributed by atoms with van der Waals surface area (Å²) in [6, 6.07) is 0.319. The van der Waals surface area contributed by atoms with Gasteiger partial charge in [-0.15, -0.1) is 12.4 Å². The van der Waals surface area contributed by atoms with Gasteiger partial charge in [0.05, 0.1) is 0 Å². The van der Waals surface area contributed by atoms with Crippen molar-refractivity contribution in [3.05, 3.63) is 0 Å². The standard InChI is InChI=1S/C11H24N2.ClH/c1-4-11(3)6-5-7-13(9-11)8-10(2)12;/h10H,4-9,12H2,1-3H3;1H. The molecule has 14 heavy (non-hydrogen) atoms. The quantitative estimate of drug-likeness (QED) is 0.791. The average molecular weight is 221 g/mol. The molecule has 1 fully saturated rings. The molecule has 0 aliphatic carbocycles. The summed E-state index contributed by atoms with van der Waals surface area (Å²) in [6.07, 6.45) is 4.03. The predicted molar refractivity (Wildman–Crippen MR) is 65.0 cm³/mol. The second-order valence-corrected chi connectivity index (χ2v) is 4.98. The lowest BCUT2D eigenvalue weighted by Gasteiger charge is -2.40. The van der Waals surface area contributed by atoms with Crippen molar-refractivity contribution in [2.24, 2.45) is 11.1 Å². The maximum Gasteiger partial charge on any atom is 0.0139 e. The molecule has 0 spiro atoms. The minimum atomic E-state index is 0. The third-order valence-corrected chi connectivity index (χ3v) is 3.26. The van der Waals surface area contributed by atoms with Gasteiger partial charge >= 0.3 is 0 Å². The molecular weight excluding hydrogens is 196 g/mol. The fraction of sp³-hybridized carbons (Fsp3) is 1.00. The van der Waals surface area contributed by atoms with Gasteiger partial charge in [-0.2, -0.15) is 0 Å². The van der Waals surface area contributed by atoms with Crippen LogP contribution in [-0.2, 0) is 0 Å². The zero-order valence-corrected chi connectivity index (χ0v) is 10.6. The number of hydrogen-bond acceptors (Lipinski definition) is 2. The minimum Gasteiger partial charge on any atom is -0.327 e. The van der Waals surface area contributed by atoms with E-state index in [9.17, 15) is 0 Å². The summed E-state index contributed by atoms with van der Waals surface area (Å²) in [5.74, 6) is 0. The second-order valence-electron chi connectivity index (χ2n) is 4.98. The minimum absolute atomic E-state index is 0. The first-order valence-electron chi connectivity index (χ1n) is 5.54. The summed E-state index contributed by atoms with van der Waals surface area (Å²) in [7, 11) is 0. The Hall–Kier alpha value is 0.210. The Bertz CT molecular complexity index is 161. The van der Waals surface area contributed by atoms with Gasteiger partial charge in [-0.3, -0.25) is 0 Å². The fourth-order valence-electron chi connectivity index (χ4n) is 2.28. The van der Waals surface area contributed by atoms with Gasteiger partial charge in [0, 0.05) is 19.1 Å². The van der Waals surface area contributed by atoms with Crippen LogP contribution in [0.4, 0.5) is 0 Å². The van der Waals surface area contributed by atoms with Crippen molar-refractivity contribution >= 4 is 12.4 Å². The number of piperidine rings is 1. The third-order valence-electron chi connectivity index (χ3n) is 3.26. The smallest absolute Gasteiger partial charge is 0.0139 e. The molecule has 2 nitrogen and oxygen atoms in total. The first kappa shape index (κ1) is 14.2. The molecule has 3 heteroatoms. The maximum absolute atomic E-state index is 5.81.